The third kappa shape index (κ3) is 3.60. The minimum atomic E-state index is -0.343. The minimum absolute atomic E-state index is 0.343. The summed E-state index contributed by atoms with van der Waals surface area (Å²) in [5.74, 6) is 1.32. The second-order valence-electron chi connectivity index (χ2n) is 5.70. The van der Waals surface area contributed by atoms with Crippen molar-refractivity contribution in [2.45, 2.75) is 19.9 Å². The van der Waals surface area contributed by atoms with Crippen molar-refractivity contribution >= 4 is 16.7 Å². The average molecular weight is 339 g/mol. The summed E-state index contributed by atoms with van der Waals surface area (Å²) in [5.41, 5.74) is 3.19. The Balaban J connectivity index is 1.89. The van der Waals surface area contributed by atoms with Gasteiger partial charge in [0.15, 0.2) is 11.5 Å². The summed E-state index contributed by atoms with van der Waals surface area (Å²) in [6, 6.07) is 13.1. The van der Waals surface area contributed by atoms with Gasteiger partial charge in [0, 0.05) is 29.8 Å². The normalized spacial score (nSPS) is 10.7. The molecule has 0 fully saturated rings. The first kappa shape index (κ1) is 16.9. The van der Waals surface area contributed by atoms with Crippen LogP contribution in [0, 0.1) is 0 Å². The zero-order valence-corrected chi connectivity index (χ0v) is 14.6. The van der Waals surface area contributed by atoms with E-state index < -0.39 is 0 Å². The largest absolute Gasteiger partial charge is 0.493 e. The molecule has 5 heteroatoms. The fraction of sp³-hybridized carbons (Fsp3) is 0.250. The summed E-state index contributed by atoms with van der Waals surface area (Å²) in [4.78, 5) is 11.9. The number of hydrogen-bond acceptors (Lipinski definition) is 5. The number of hydrogen-bond donors (Lipinski definition) is 1. The number of nitrogens with one attached hydrogen (secondary N) is 1. The molecule has 0 saturated carbocycles. The van der Waals surface area contributed by atoms with E-state index in [1.807, 2.05) is 30.3 Å². The van der Waals surface area contributed by atoms with Crippen molar-refractivity contribution in [1.29, 1.82) is 0 Å². The molecule has 130 valence electrons. The van der Waals surface area contributed by atoms with Crippen LogP contribution >= 0.6 is 0 Å². The van der Waals surface area contributed by atoms with Gasteiger partial charge in [0.25, 0.3) is 0 Å². The molecule has 1 aromatic heterocycles. The number of anilines is 1. The van der Waals surface area contributed by atoms with Gasteiger partial charge >= 0.3 is 5.63 Å². The van der Waals surface area contributed by atoms with Crippen molar-refractivity contribution in [3.05, 3.63) is 64.0 Å². The highest BCUT2D eigenvalue weighted by molar-refractivity contribution is 5.81. The van der Waals surface area contributed by atoms with Crippen LogP contribution < -0.4 is 20.4 Å². The molecule has 0 aliphatic carbocycles. The quantitative estimate of drug-likeness (QED) is 0.688. The van der Waals surface area contributed by atoms with E-state index in [-0.39, 0.29) is 5.63 Å². The minimum Gasteiger partial charge on any atom is -0.493 e. The van der Waals surface area contributed by atoms with Crippen molar-refractivity contribution in [3.8, 4) is 11.5 Å². The third-order valence-corrected chi connectivity index (χ3v) is 4.17. The van der Waals surface area contributed by atoms with E-state index in [9.17, 15) is 4.79 Å². The van der Waals surface area contributed by atoms with Crippen molar-refractivity contribution in [3.63, 3.8) is 0 Å². The fourth-order valence-electron chi connectivity index (χ4n) is 2.78. The van der Waals surface area contributed by atoms with Gasteiger partial charge in [-0.25, -0.2) is 4.79 Å². The van der Waals surface area contributed by atoms with Crippen LogP contribution in [0.1, 0.15) is 18.1 Å². The molecule has 0 aliphatic rings. The molecule has 0 saturated heterocycles. The van der Waals surface area contributed by atoms with Crippen molar-refractivity contribution < 1.29 is 13.9 Å². The van der Waals surface area contributed by atoms with Gasteiger partial charge in [-0.05, 0) is 35.7 Å². The molecule has 0 spiro atoms. The predicted octanol–water partition coefficient (Wildman–Crippen LogP) is 3.98. The lowest BCUT2D eigenvalue weighted by molar-refractivity contribution is 0.355. The Morgan fingerprint density at radius 3 is 2.52 bits per heavy atom. The molecular weight excluding hydrogens is 318 g/mol. The standard InChI is InChI=1S/C20H21NO4/c1-4-13-5-7-16-14(10-20(22)25-18(16)9-13)12-21-15-6-8-17(23-2)19(11-15)24-3/h5-11,21H,4,12H2,1-3H3. The lowest BCUT2D eigenvalue weighted by Gasteiger charge is -2.12. The molecular formula is C20H21NO4. The van der Waals surface area contributed by atoms with Crippen LogP contribution in [0.15, 0.2) is 51.7 Å². The predicted molar refractivity (Wildman–Crippen MR) is 98.7 cm³/mol. The number of benzene rings is 2. The van der Waals surface area contributed by atoms with E-state index in [2.05, 4.69) is 18.3 Å². The van der Waals surface area contributed by atoms with Crippen LogP contribution in [-0.2, 0) is 13.0 Å². The maximum Gasteiger partial charge on any atom is 0.336 e. The smallest absolute Gasteiger partial charge is 0.336 e. The van der Waals surface area contributed by atoms with Gasteiger partial charge in [-0.3, -0.25) is 0 Å². The Morgan fingerprint density at radius 2 is 1.80 bits per heavy atom. The van der Waals surface area contributed by atoms with E-state index in [1.165, 1.54) is 6.07 Å². The topological polar surface area (TPSA) is 60.7 Å². The summed E-state index contributed by atoms with van der Waals surface area (Å²) >= 11 is 0. The number of rotatable bonds is 6. The Hall–Kier alpha value is -2.95. The maximum absolute atomic E-state index is 11.9. The van der Waals surface area contributed by atoms with Crippen LogP contribution in [0.5, 0.6) is 11.5 Å². The van der Waals surface area contributed by atoms with Crippen molar-refractivity contribution in [2.24, 2.45) is 0 Å². The van der Waals surface area contributed by atoms with Crippen LogP contribution in [0.2, 0.25) is 0 Å². The van der Waals surface area contributed by atoms with E-state index in [0.29, 0.717) is 23.6 Å². The first-order valence-corrected chi connectivity index (χ1v) is 8.16. The van der Waals surface area contributed by atoms with Gasteiger partial charge in [0.05, 0.1) is 14.2 Å². The van der Waals surface area contributed by atoms with Crippen molar-refractivity contribution in [2.75, 3.05) is 19.5 Å². The van der Waals surface area contributed by atoms with Gasteiger partial charge in [-0.1, -0.05) is 19.1 Å². The Morgan fingerprint density at radius 1 is 1.00 bits per heavy atom. The number of fused-ring (bicyclic) bond motifs is 1. The zero-order chi connectivity index (χ0) is 17.8. The van der Waals surface area contributed by atoms with E-state index in [1.54, 1.807) is 14.2 Å². The van der Waals surface area contributed by atoms with Gasteiger partial charge < -0.3 is 19.2 Å². The highest BCUT2D eigenvalue weighted by Gasteiger charge is 2.08. The highest BCUT2D eigenvalue weighted by atomic mass is 16.5. The maximum atomic E-state index is 11.9. The molecule has 1 N–H and O–H groups in total. The summed E-state index contributed by atoms with van der Waals surface area (Å²) in [5, 5.41) is 4.25. The molecule has 2 aromatic carbocycles. The second kappa shape index (κ2) is 7.30. The Labute approximate surface area is 146 Å². The van der Waals surface area contributed by atoms with Gasteiger partial charge in [-0.2, -0.15) is 0 Å². The van der Waals surface area contributed by atoms with Gasteiger partial charge in [0.2, 0.25) is 0 Å². The zero-order valence-electron chi connectivity index (χ0n) is 14.6. The first-order valence-electron chi connectivity index (χ1n) is 8.16. The molecule has 0 aliphatic heterocycles. The second-order valence-corrected chi connectivity index (χ2v) is 5.70. The molecule has 3 aromatic rings. The molecule has 0 amide bonds. The molecule has 0 radical (unpaired) electrons. The summed E-state index contributed by atoms with van der Waals surface area (Å²) in [6.07, 6.45) is 0.897. The summed E-state index contributed by atoms with van der Waals surface area (Å²) in [7, 11) is 3.20. The summed E-state index contributed by atoms with van der Waals surface area (Å²) in [6.45, 7) is 2.57. The monoisotopic (exact) mass is 339 g/mol. The molecule has 1 heterocycles. The molecule has 0 bridgehead atoms. The van der Waals surface area contributed by atoms with Crippen molar-refractivity contribution in [1.82, 2.24) is 0 Å². The SMILES string of the molecule is CCc1ccc2c(CNc3ccc(OC)c(OC)c3)cc(=O)oc2c1. The van der Waals surface area contributed by atoms with Gasteiger partial charge in [-0.15, -0.1) is 0 Å². The molecule has 5 nitrogen and oxygen atoms in total. The Kier molecular flexibility index (Phi) is 4.93. The molecule has 3 rings (SSSR count). The Bertz CT molecular complexity index is 946. The summed E-state index contributed by atoms with van der Waals surface area (Å²) < 4.78 is 15.9. The van der Waals surface area contributed by atoms with Crippen LogP contribution in [0.25, 0.3) is 11.0 Å². The van der Waals surface area contributed by atoms with Crippen LogP contribution in [-0.4, -0.2) is 14.2 Å². The fourth-order valence-corrected chi connectivity index (χ4v) is 2.78. The van der Waals surface area contributed by atoms with Crippen LogP contribution in [0.3, 0.4) is 0 Å². The van der Waals surface area contributed by atoms with Crippen LogP contribution in [0.4, 0.5) is 5.69 Å². The number of ether oxygens (including phenoxy) is 2. The van der Waals surface area contributed by atoms with E-state index >= 15 is 0 Å². The lowest BCUT2D eigenvalue weighted by Crippen LogP contribution is -2.06. The molecule has 0 atom stereocenters. The van der Waals surface area contributed by atoms with E-state index in [0.717, 1.165) is 28.6 Å². The van der Waals surface area contributed by atoms with Gasteiger partial charge in [0.1, 0.15) is 5.58 Å². The first-order chi connectivity index (χ1) is 12.1. The highest BCUT2D eigenvalue weighted by Crippen LogP contribution is 2.30. The lowest BCUT2D eigenvalue weighted by atomic mass is 10.1. The average Bonchev–Trinajstić information content (AvgIpc) is 2.65. The number of methoxy groups -OCH3 is 2. The molecule has 0 unspecified atom stereocenters. The number of aryl methyl sites for hydroxylation is 1. The molecule has 25 heavy (non-hydrogen) atoms. The third-order valence-electron chi connectivity index (χ3n) is 4.17. The van der Waals surface area contributed by atoms with E-state index in [4.69, 9.17) is 13.9 Å².